The minimum atomic E-state index is -4.68. The van der Waals surface area contributed by atoms with Crippen molar-refractivity contribution in [1.29, 1.82) is 0 Å². The van der Waals surface area contributed by atoms with Gasteiger partial charge >= 0.3 is 6.18 Å². The number of amides is 1. The van der Waals surface area contributed by atoms with E-state index in [-0.39, 0.29) is 6.42 Å². The molecular weight excluding hydrogens is 464 g/mol. The molecule has 1 unspecified atom stereocenters. The standard InChI is InChI=1S/C26H30F4N2O3/c27-20-7-3-18(4-8-20)5-9-22(26(28,29)30)25(33)31-21(17-32-11-1-2-12-32)15-19-6-10-23-24(16-19)35-14-13-34-23/h3-4,6-8,10,16,21-22H,1-2,5,9,11-15,17H2,(H,31,33)/t21-,22?/m0/s1. The van der Waals surface area contributed by atoms with E-state index in [1.54, 1.807) is 6.07 Å². The summed E-state index contributed by atoms with van der Waals surface area (Å²) in [6, 6.07) is 10.3. The predicted octanol–water partition coefficient (Wildman–Crippen LogP) is 4.53. The molecule has 190 valence electrons. The van der Waals surface area contributed by atoms with Crippen molar-refractivity contribution in [3.8, 4) is 11.5 Å². The number of alkyl halides is 3. The lowest BCUT2D eigenvalue weighted by Gasteiger charge is -2.28. The Balaban J connectivity index is 1.46. The summed E-state index contributed by atoms with van der Waals surface area (Å²) in [7, 11) is 0. The number of hydrogen-bond donors (Lipinski definition) is 1. The summed E-state index contributed by atoms with van der Waals surface area (Å²) in [5, 5.41) is 2.69. The van der Waals surface area contributed by atoms with Crippen molar-refractivity contribution in [2.24, 2.45) is 5.92 Å². The quantitative estimate of drug-likeness (QED) is 0.521. The SMILES string of the molecule is O=C(N[C@@H](Cc1ccc2c(c1)OCCO2)CN1CCCC1)C(CCc1ccc(F)cc1)C(F)(F)F. The van der Waals surface area contributed by atoms with E-state index in [1.165, 1.54) is 24.3 Å². The average molecular weight is 495 g/mol. The number of ether oxygens (including phenoxy) is 2. The van der Waals surface area contributed by atoms with Gasteiger partial charge in [-0.3, -0.25) is 4.79 Å². The first-order chi connectivity index (χ1) is 16.8. The number of benzene rings is 2. The van der Waals surface area contributed by atoms with Crippen LogP contribution in [0.3, 0.4) is 0 Å². The van der Waals surface area contributed by atoms with E-state index in [0.717, 1.165) is 31.5 Å². The topological polar surface area (TPSA) is 50.8 Å². The van der Waals surface area contributed by atoms with E-state index in [2.05, 4.69) is 10.2 Å². The Kier molecular flexibility index (Phi) is 8.15. The summed E-state index contributed by atoms with van der Waals surface area (Å²) < 4.78 is 65.8. The summed E-state index contributed by atoms with van der Waals surface area (Å²) in [5.41, 5.74) is 1.41. The van der Waals surface area contributed by atoms with Crippen LogP contribution in [0.2, 0.25) is 0 Å². The van der Waals surface area contributed by atoms with Gasteiger partial charge in [0.1, 0.15) is 24.9 Å². The van der Waals surface area contributed by atoms with Gasteiger partial charge in [-0.1, -0.05) is 18.2 Å². The number of hydrogen-bond acceptors (Lipinski definition) is 4. The molecule has 1 N–H and O–H groups in total. The fraction of sp³-hybridized carbons (Fsp3) is 0.500. The molecule has 1 saturated heterocycles. The number of nitrogens with one attached hydrogen (secondary N) is 1. The molecule has 4 rings (SSSR count). The maximum Gasteiger partial charge on any atom is 0.400 e. The zero-order valence-corrected chi connectivity index (χ0v) is 19.5. The third-order valence-corrected chi connectivity index (χ3v) is 6.46. The van der Waals surface area contributed by atoms with Gasteiger partial charge in [0.25, 0.3) is 0 Å². The molecule has 2 aliphatic rings. The van der Waals surface area contributed by atoms with Crippen molar-refractivity contribution in [2.45, 2.75) is 44.3 Å². The molecule has 2 atom stereocenters. The van der Waals surface area contributed by atoms with Crippen LogP contribution in [0.25, 0.3) is 0 Å². The maximum atomic E-state index is 13.8. The lowest BCUT2D eigenvalue weighted by Crippen LogP contribution is -2.49. The molecule has 0 aromatic heterocycles. The van der Waals surface area contributed by atoms with E-state index in [9.17, 15) is 22.4 Å². The number of aryl methyl sites for hydroxylation is 1. The van der Waals surface area contributed by atoms with Gasteiger partial charge in [0.2, 0.25) is 5.91 Å². The van der Waals surface area contributed by atoms with Crippen molar-refractivity contribution >= 4 is 5.91 Å². The van der Waals surface area contributed by atoms with Crippen LogP contribution in [0.15, 0.2) is 42.5 Å². The molecule has 9 heteroatoms. The maximum absolute atomic E-state index is 13.8. The van der Waals surface area contributed by atoms with Crippen LogP contribution in [0.4, 0.5) is 17.6 Å². The van der Waals surface area contributed by atoms with E-state index >= 15 is 0 Å². The third-order valence-electron chi connectivity index (χ3n) is 6.46. The summed E-state index contributed by atoms with van der Waals surface area (Å²) in [4.78, 5) is 15.1. The molecule has 2 aromatic rings. The summed E-state index contributed by atoms with van der Waals surface area (Å²) in [6.45, 7) is 3.10. The van der Waals surface area contributed by atoms with Crippen LogP contribution in [0.5, 0.6) is 11.5 Å². The molecule has 0 saturated carbocycles. The summed E-state index contributed by atoms with van der Waals surface area (Å²) >= 11 is 0. The fourth-order valence-electron chi connectivity index (χ4n) is 4.64. The molecule has 0 aliphatic carbocycles. The van der Waals surface area contributed by atoms with Crippen molar-refractivity contribution < 1.29 is 31.8 Å². The van der Waals surface area contributed by atoms with E-state index < -0.39 is 36.3 Å². The molecule has 2 heterocycles. The first kappa shape index (κ1) is 25.3. The number of fused-ring (bicyclic) bond motifs is 1. The van der Waals surface area contributed by atoms with Crippen LogP contribution in [-0.2, 0) is 17.6 Å². The van der Waals surface area contributed by atoms with Gasteiger partial charge in [-0.05, 0) is 80.6 Å². The predicted molar refractivity (Wildman–Crippen MR) is 123 cm³/mol. The van der Waals surface area contributed by atoms with Gasteiger partial charge in [0.15, 0.2) is 11.5 Å². The zero-order chi connectivity index (χ0) is 24.8. The van der Waals surface area contributed by atoms with Gasteiger partial charge < -0.3 is 19.7 Å². The molecular formula is C26H30F4N2O3. The van der Waals surface area contributed by atoms with E-state index in [0.29, 0.717) is 43.2 Å². The zero-order valence-electron chi connectivity index (χ0n) is 19.5. The number of carbonyl (C=O) groups excluding carboxylic acids is 1. The van der Waals surface area contributed by atoms with Crippen LogP contribution < -0.4 is 14.8 Å². The number of carbonyl (C=O) groups is 1. The van der Waals surface area contributed by atoms with Gasteiger partial charge in [0.05, 0.1) is 0 Å². The Morgan fingerprint density at radius 3 is 2.31 bits per heavy atom. The van der Waals surface area contributed by atoms with Gasteiger partial charge in [-0.25, -0.2) is 4.39 Å². The minimum absolute atomic E-state index is 0.0246. The minimum Gasteiger partial charge on any atom is -0.486 e. The average Bonchev–Trinajstić information content (AvgIpc) is 3.32. The van der Waals surface area contributed by atoms with Gasteiger partial charge in [-0.2, -0.15) is 13.2 Å². The molecule has 2 aliphatic heterocycles. The molecule has 5 nitrogen and oxygen atoms in total. The number of nitrogens with zero attached hydrogens (tertiary/aromatic N) is 1. The first-order valence-corrected chi connectivity index (χ1v) is 12.0. The van der Waals surface area contributed by atoms with Gasteiger partial charge in [-0.15, -0.1) is 0 Å². The van der Waals surface area contributed by atoms with E-state index in [4.69, 9.17) is 9.47 Å². The molecule has 35 heavy (non-hydrogen) atoms. The summed E-state index contributed by atoms with van der Waals surface area (Å²) in [6.07, 6.45) is -2.61. The Morgan fingerprint density at radius 2 is 1.63 bits per heavy atom. The highest BCUT2D eigenvalue weighted by Gasteiger charge is 2.44. The Labute approximate surface area is 202 Å². The van der Waals surface area contributed by atoms with Crippen LogP contribution in [0, 0.1) is 11.7 Å². The largest absolute Gasteiger partial charge is 0.486 e. The fourth-order valence-corrected chi connectivity index (χ4v) is 4.64. The normalized spacial score (nSPS) is 17.7. The van der Waals surface area contributed by atoms with Gasteiger partial charge in [0, 0.05) is 12.6 Å². The highest BCUT2D eigenvalue weighted by molar-refractivity contribution is 5.79. The third kappa shape index (κ3) is 7.10. The lowest BCUT2D eigenvalue weighted by atomic mass is 9.96. The smallest absolute Gasteiger partial charge is 0.400 e. The second kappa shape index (κ2) is 11.3. The Bertz CT molecular complexity index is 991. The van der Waals surface area contributed by atoms with Crippen molar-refractivity contribution in [3.63, 3.8) is 0 Å². The molecule has 0 bridgehead atoms. The first-order valence-electron chi connectivity index (χ1n) is 12.0. The molecule has 2 aromatic carbocycles. The molecule has 1 fully saturated rings. The molecule has 0 radical (unpaired) electrons. The van der Waals surface area contributed by atoms with Crippen molar-refractivity contribution in [1.82, 2.24) is 10.2 Å². The lowest BCUT2D eigenvalue weighted by molar-refractivity contribution is -0.184. The molecule has 0 spiro atoms. The number of rotatable bonds is 9. The highest BCUT2D eigenvalue weighted by Crippen LogP contribution is 2.32. The van der Waals surface area contributed by atoms with Crippen LogP contribution in [-0.4, -0.2) is 55.9 Å². The second-order valence-electron chi connectivity index (χ2n) is 9.15. The van der Waals surface area contributed by atoms with Crippen LogP contribution >= 0.6 is 0 Å². The Hall–Kier alpha value is -2.81. The Morgan fingerprint density at radius 1 is 0.971 bits per heavy atom. The number of likely N-dealkylation sites (tertiary alicyclic amines) is 1. The highest BCUT2D eigenvalue weighted by atomic mass is 19.4. The monoisotopic (exact) mass is 494 g/mol. The van der Waals surface area contributed by atoms with Crippen molar-refractivity contribution in [2.75, 3.05) is 32.8 Å². The van der Waals surface area contributed by atoms with Crippen molar-refractivity contribution in [3.05, 3.63) is 59.4 Å². The van der Waals surface area contributed by atoms with E-state index in [1.807, 2.05) is 12.1 Å². The van der Waals surface area contributed by atoms with Crippen LogP contribution in [0.1, 0.15) is 30.4 Å². The molecule has 1 amide bonds. The number of halogens is 4. The summed E-state index contributed by atoms with van der Waals surface area (Å²) in [5.74, 6) is -2.39. The second-order valence-corrected chi connectivity index (χ2v) is 9.15.